The number of hydrogen-bond acceptors (Lipinski definition) is 2. The van der Waals surface area contributed by atoms with Crippen molar-refractivity contribution < 1.29 is 9.59 Å². The third kappa shape index (κ3) is 5.21. The first-order valence-corrected chi connectivity index (χ1v) is 8.72. The molecule has 0 radical (unpaired) electrons. The largest absolute Gasteiger partial charge is 0.337 e. The fourth-order valence-corrected chi connectivity index (χ4v) is 2.75. The van der Waals surface area contributed by atoms with Crippen LogP contribution in [0.5, 0.6) is 0 Å². The van der Waals surface area contributed by atoms with Crippen LogP contribution in [0.2, 0.25) is 10.0 Å². The van der Waals surface area contributed by atoms with Crippen LogP contribution in [-0.2, 0) is 16.1 Å². The van der Waals surface area contributed by atoms with Gasteiger partial charge in [0.15, 0.2) is 0 Å². The maximum Gasteiger partial charge on any atom is 0.242 e. The first-order valence-electron chi connectivity index (χ1n) is 7.97. The standard InChI is InChI=1S/C19H20Cl2N2O2/c1-3-22(12-15-7-5-4-6-8-15)19(25)13-23(14(2)24)16-9-10-17(20)18(21)11-16/h4-11H,3,12-13H2,1-2H3. The van der Waals surface area contributed by atoms with E-state index < -0.39 is 0 Å². The van der Waals surface area contributed by atoms with E-state index in [2.05, 4.69) is 0 Å². The lowest BCUT2D eigenvalue weighted by molar-refractivity contribution is -0.131. The lowest BCUT2D eigenvalue weighted by Gasteiger charge is -2.26. The third-order valence-electron chi connectivity index (χ3n) is 3.84. The Morgan fingerprint density at radius 1 is 1.00 bits per heavy atom. The summed E-state index contributed by atoms with van der Waals surface area (Å²) in [4.78, 5) is 27.8. The quantitative estimate of drug-likeness (QED) is 0.747. The van der Waals surface area contributed by atoms with Gasteiger partial charge < -0.3 is 9.80 Å². The van der Waals surface area contributed by atoms with Gasteiger partial charge in [-0.3, -0.25) is 9.59 Å². The molecule has 2 amide bonds. The molecule has 2 aromatic rings. The summed E-state index contributed by atoms with van der Waals surface area (Å²) in [5.41, 5.74) is 1.59. The summed E-state index contributed by atoms with van der Waals surface area (Å²) in [6.07, 6.45) is 0. The third-order valence-corrected chi connectivity index (χ3v) is 4.58. The van der Waals surface area contributed by atoms with Crippen LogP contribution in [0.4, 0.5) is 5.69 Å². The van der Waals surface area contributed by atoms with Crippen LogP contribution in [0.25, 0.3) is 0 Å². The van der Waals surface area contributed by atoms with Crippen molar-refractivity contribution in [2.24, 2.45) is 0 Å². The lowest BCUT2D eigenvalue weighted by atomic mass is 10.2. The van der Waals surface area contributed by atoms with Gasteiger partial charge in [-0.05, 0) is 30.7 Å². The number of benzene rings is 2. The average molecular weight is 379 g/mol. The minimum Gasteiger partial charge on any atom is -0.337 e. The van der Waals surface area contributed by atoms with Gasteiger partial charge in [0.25, 0.3) is 0 Å². The zero-order chi connectivity index (χ0) is 18.4. The molecule has 0 fully saturated rings. The Balaban J connectivity index is 2.15. The van der Waals surface area contributed by atoms with Crippen LogP contribution >= 0.6 is 23.2 Å². The Morgan fingerprint density at radius 3 is 2.24 bits per heavy atom. The highest BCUT2D eigenvalue weighted by molar-refractivity contribution is 6.42. The summed E-state index contributed by atoms with van der Waals surface area (Å²) >= 11 is 12.0. The number of rotatable bonds is 6. The predicted molar refractivity (Wildman–Crippen MR) is 102 cm³/mol. The number of hydrogen-bond donors (Lipinski definition) is 0. The van der Waals surface area contributed by atoms with Crippen LogP contribution in [0.3, 0.4) is 0 Å². The molecule has 0 aliphatic heterocycles. The lowest BCUT2D eigenvalue weighted by Crippen LogP contribution is -2.42. The molecule has 6 heteroatoms. The van der Waals surface area contributed by atoms with Gasteiger partial charge >= 0.3 is 0 Å². The molecular formula is C19H20Cl2N2O2. The normalized spacial score (nSPS) is 10.4. The van der Waals surface area contributed by atoms with Gasteiger partial charge in [0, 0.05) is 25.7 Å². The van der Waals surface area contributed by atoms with Crippen molar-refractivity contribution in [1.82, 2.24) is 4.90 Å². The maximum atomic E-state index is 12.7. The van der Waals surface area contributed by atoms with Gasteiger partial charge in [-0.15, -0.1) is 0 Å². The van der Waals surface area contributed by atoms with E-state index in [-0.39, 0.29) is 18.4 Å². The van der Waals surface area contributed by atoms with Gasteiger partial charge in [-0.2, -0.15) is 0 Å². The van der Waals surface area contributed by atoms with Crippen LogP contribution in [0, 0.1) is 0 Å². The average Bonchev–Trinajstić information content (AvgIpc) is 2.60. The molecule has 2 aromatic carbocycles. The molecule has 0 N–H and O–H groups in total. The Kier molecular flexibility index (Phi) is 6.85. The second-order valence-corrected chi connectivity index (χ2v) is 6.41. The van der Waals surface area contributed by atoms with Crippen molar-refractivity contribution in [1.29, 1.82) is 0 Å². The van der Waals surface area contributed by atoms with Crippen molar-refractivity contribution >= 4 is 40.7 Å². The van der Waals surface area contributed by atoms with E-state index in [9.17, 15) is 9.59 Å². The number of nitrogens with zero attached hydrogens (tertiary/aromatic N) is 2. The molecule has 25 heavy (non-hydrogen) atoms. The molecular weight excluding hydrogens is 359 g/mol. The molecule has 0 aromatic heterocycles. The Hall–Kier alpha value is -2.04. The molecule has 4 nitrogen and oxygen atoms in total. The van der Waals surface area contributed by atoms with Crippen molar-refractivity contribution in [3.05, 3.63) is 64.1 Å². The molecule has 0 unspecified atom stereocenters. The van der Waals surface area contributed by atoms with Crippen molar-refractivity contribution in [2.45, 2.75) is 20.4 Å². The van der Waals surface area contributed by atoms with E-state index in [4.69, 9.17) is 23.2 Å². The number of anilines is 1. The molecule has 2 rings (SSSR count). The first-order chi connectivity index (χ1) is 11.9. The fraction of sp³-hybridized carbons (Fsp3) is 0.263. The highest BCUT2D eigenvalue weighted by atomic mass is 35.5. The monoisotopic (exact) mass is 378 g/mol. The van der Waals surface area contributed by atoms with E-state index in [1.807, 2.05) is 37.3 Å². The SMILES string of the molecule is CCN(Cc1ccccc1)C(=O)CN(C(C)=O)c1ccc(Cl)c(Cl)c1. The summed E-state index contributed by atoms with van der Waals surface area (Å²) in [6, 6.07) is 14.6. The predicted octanol–water partition coefficient (Wildman–Crippen LogP) is 4.40. The molecule has 132 valence electrons. The molecule has 0 aliphatic carbocycles. The number of likely N-dealkylation sites (N-methyl/N-ethyl adjacent to an activating group) is 1. The first kappa shape index (κ1) is 19.3. The highest BCUT2D eigenvalue weighted by Gasteiger charge is 2.20. The van der Waals surface area contributed by atoms with Gasteiger partial charge in [-0.25, -0.2) is 0 Å². The van der Waals surface area contributed by atoms with Gasteiger partial charge in [0.2, 0.25) is 11.8 Å². The summed E-state index contributed by atoms with van der Waals surface area (Å²) < 4.78 is 0. The molecule has 0 aliphatic rings. The Labute approximate surface area is 157 Å². The second-order valence-electron chi connectivity index (χ2n) is 5.60. The maximum absolute atomic E-state index is 12.7. The Bertz CT molecular complexity index is 750. The van der Waals surface area contributed by atoms with Crippen LogP contribution < -0.4 is 4.90 Å². The summed E-state index contributed by atoms with van der Waals surface area (Å²) in [5, 5.41) is 0.744. The van der Waals surface area contributed by atoms with E-state index in [1.54, 1.807) is 23.1 Å². The molecule has 0 atom stereocenters. The van der Waals surface area contributed by atoms with Gasteiger partial charge in [0.1, 0.15) is 6.54 Å². The summed E-state index contributed by atoms with van der Waals surface area (Å²) in [5.74, 6) is -0.366. The zero-order valence-electron chi connectivity index (χ0n) is 14.2. The van der Waals surface area contributed by atoms with Gasteiger partial charge in [0.05, 0.1) is 10.0 Å². The number of carbonyl (C=O) groups excluding carboxylic acids is 2. The fourth-order valence-electron chi connectivity index (χ4n) is 2.45. The minimum atomic E-state index is -0.234. The second kappa shape index (κ2) is 8.88. The minimum absolute atomic E-state index is 0.0477. The molecule has 0 bridgehead atoms. The molecule has 0 heterocycles. The Morgan fingerprint density at radius 2 is 1.68 bits per heavy atom. The van der Waals surface area contributed by atoms with E-state index in [0.717, 1.165) is 5.56 Å². The molecule has 0 saturated heterocycles. The number of halogens is 2. The van der Waals surface area contributed by atoms with E-state index in [0.29, 0.717) is 28.8 Å². The van der Waals surface area contributed by atoms with Crippen LogP contribution in [-0.4, -0.2) is 29.8 Å². The smallest absolute Gasteiger partial charge is 0.242 e. The summed E-state index contributed by atoms with van der Waals surface area (Å²) in [6.45, 7) is 4.35. The van der Waals surface area contributed by atoms with Crippen LogP contribution in [0.1, 0.15) is 19.4 Å². The van der Waals surface area contributed by atoms with E-state index in [1.165, 1.54) is 11.8 Å². The van der Waals surface area contributed by atoms with Crippen molar-refractivity contribution in [3.8, 4) is 0 Å². The van der Waals surface area contributed by atoms with Gasteiger partial charge in [-0.1, -0.05) is 53.5 Å². The van der Waals surface area contributed by atoms with E-state index >= 15 is 0 Å². The topological polar surface area (TPSA) is 40.6 Å². The van der Waals surface area contributed by atoms with Crippen LogP contribution in [0.15, 0.2) is 48.5 Å². The zero-order valence-corrected chi connectivity index (χ0v) is 15.7. The van der Waals surface area contributed by atoms with Crippen molar-refractivity contribution in [2.75, 3.05) is 18.0 Å². The van der Waals surface area contributed by atoms with Crippen molar-refractivity contribution in [3.63, 3.8) is 0 Å². The molecule has 0 saturated carbocycles. The number of amides is 2. The highest BCUT2D eigenvalue weighted by Crippen LogP contribution is 2.27. The molecule has 0 spiro atoms. The summed E-state index contributed by atoms with van der Waals surface area (Å²) in [7, 11) is 0. The number of carbonyl (C=O) groups is 2.